The van der Waals surface area contributed by atoms with Crippen LogP contribution in [-0.2, 0) is 34.2 Å². The molecule has 0 aliphatic carbocycles. The van der Waals surface area contributed by atoms with Crippen molar-refractivity contribution < 1.29 is 32.2 Å². The molecular weight excluding hydrogens is 307 g/mol. The van der Waals surface area contributed by atoms with Gasteiger partial charge in [-0.2, -0.15) is 17.1 Å². The van der Waals surface area contributed by atoms with E-state index in [2.05, 4.69) is 18.7 Å². The topological polar surface area (TPSA) is 46.1 Å². The van der Waals surface area contributed by atoms with Gasteiger partial charge in [-0.1, -0.05) is 26.2 Å². The van der Waals surface area contributed by atoms with Gasteiger partial charge in [0.15, 0.2) is 0 Å². The standard InChI is InChI=1S/C6H15O2PS2.Ag/c1-2-3-4-5-6-11-9(7,8)10;/h2-6H2,1H3,(H2,7,8,10);/p-2. The molecular formula is C6H13AgO2PS2-2. The summed E-state index contributed by atoms with van der Waals surface area (Å²) in [6.07, 6.45) is 4.43. The van der Waals surface area contributed by atoms with Crippen LogP contribution in [0.4, 0.5) is 0 Å². The molecule has 0 rings (SSSR count). The molecule has 0 heterocycles. The van der Waals surface area contributed by atoms with Crippen molar-refractivity contribution in [3.63, 3.8) is 0 Å². The second-order valence-corrected chi connectivity index (χ2v) is 8.25. The molecule has 12 heavy (non-hydrogen) atoms. The third-order valence-corrected chi connectivity index (χ3v) is 4.48. The third-order valence-electron chi connectivity index (χ3n) is 1.25. The molecule has 0 spiro atoms. The summed E-state index contributed by atoms with van der Waals surface area (Å²) in [5, 5.41) is 0. The minimum absolute atomic E-state index is 0. The van der Waals surface area contributed by atoms with Gasteiger partial charge in [0.05, 0.1) is 0 Å². The van der Waals surface area contributed by atoms with Gasteiger partial charge >= 0.3 is 0 Å². The molecule has 0 aliphatic heterocycles. The summed E-state index contributed by atoms with van der Waals surface area (Å²) >= 11 is 5.12. The molecule has 0 aliphatic rings. The predicted octanol–water partition coefficient (Wildman–Crippen LogP) is 1.24. The minimum Gasteiger partial charge on any atom is -0.825 e. The summed E-state index contributed by atoms with van der Waals surface area (Å²) in [6, 6.07) is 0. The molecule has 0 N–H and O–H groups in total. The Bertz CT molecular complexity index is 140. The van der Waals surface area contributed by atoms with E-state index in [0.29, 0.717) is 5.75 Å². The van der Waals surface area contributed by atoms with Crippen LogP contribution in [0, 0.1) is 0 Å². The zero-order chi connectivity index (χ0) is 8.74. The van der Waals surface area contributed by atoms with Crippen LogP contribution < -0.4 is 9.79 Å². The van der Waals surface area contributed by atoms with Gasteiger partial charge < -0.3 is 9.79 Å². The molecule has 0 unspecified atom stereocenters. The van der Waals surface area contributed by atoms with E-state index in [4.69, 9.17) is 0 Å². The first-order chi connectivity index (χ1) is 5.06. The van der Waals surface area contributed by atoms with E-state index in [1.165, 1.54) is 12.8 Å². The molecule has 0 aromatic rings. The molecule has 0 aromatic carbocycles. The summed E-state index contributed by atoms with van der Waals surface area (Å²) in [5.74, 6) is 0.657. The smallest absolute Gasteiger partial charge is 0 e. The van der Waals surface area contributed by atoms with Crippen molar-refractivity contribution in [3.8, 4) is 0 Å². The fraction of sp³-hybridized carbons (Fsp3) is 1.00. The second kappa shape index (κ2) is 9.22. The maximum Gasteiger partial charge on any atom is 0 e. The zero-order valence-electron chi connectivity index (χ0n) is 6.92. The Labute approximate surface area is 99.0 Å². The fourth-order valence-electron chi connectivity index (χ4n) is 0.705. The van der Waals surface area contributed by atoms with Gasteiger partial charge in [0.1, 0.15) is 0 Å². The first-order valence-corrected chi connectivity index (χ1v) is 7.95. The van der Waals surface area contributed by atoms with Crippen LogP contribution in [0.15, 0.2) is 0 Å². The normalized spacial score (nSPS) is 10.9. The van der Waals surface area contributed by atoms with Crippen molar-refractivity contribution in [2.45, 2.75) is 32.6 Å². The predicted molar refractivity (Wildman–Crippen MR) is 50.9 cm³/mol. The Morgan fingerprint density at radius 1 is 1.25 bits per heavy atom. The number of hydrogen-bond donors (Lipinski definition) is 0. The molecule has 0 fully saturated rings. The van der Waals surface area contributed by atoms with Crippen molar-refractivity contribution in [2.75, 3.05) is 5.75 Å². The average Bonchev–Trinajstić information content (AvgIpc) is 1.85. The molecule has 0 bridgehead atoms. The largest absolute Gasteiger partial charge is 0.825 e. The summed E-state index contributed by atoms with van der Waals surface area (Å²) in [5.41, 5.74) is -3.46. The summed E-state index contributed by atoms with van der Waals surface area (Å²) in [6.45, 7) is 2.12. The second-order valence-electron chi connectivity index (χ2n) is 2.34. The van der Waals surface area contributed by atoms with Crippen LogP contribution in [0.3, 0.4) is 0 Å². The van der Waals surface area contributed by atoms with Gasteiger partial charge in [0, 0.05) is 22.4 Å². The van der Waals surface area contributed by atoms with E-state index in [-0.39, 0.29) is 22.4 Å². The summed E-state index contributed by atoms with van der Waals surface area (Å²) < 4.78 is 0. The average molecular weight is 320 g/mol. The van der Waals surface area contributed by atoms with Crippen LogP contribution in [0.5, 0.6) is 0 Å². The monoisotopic (exact) mass is 319 g/mol. The van der Waals surface area contributed by atoms with E-state index in [1.54, 1.807) is 0 Å². The summed E-state index contributed by atoms with van der Waals surface area (Å²) in [7, 11) is 0. The van der Waals surface area contributed by atoms with Gasteiger partial charge in [0.2, 0.25) is 0 Å². The van der Waals surface area contributed by atoms with Gasteiger partial charge in [0.25, 0.3) is 0 Å². The Hall–Kier alpha value is 1.66. The molecule has 0 aromatic heterocycles. The SMILES string of the molecule is CCCCCCSP([O-])([O-])=S.[Ag]. The van der Waals surface area contributed by atoms with Crippen molar-refractivity contribution >= 4 is 28.9 Å². The van der Waals surface area contributed by atoms with E-state index in [1.807, 2.05) is 0 Å². The van der Waals surface area contributed by atoms with Gasteiger partial charge in [-0.15, -0.1) is 11.8 Å². The van der Waals surface area contributed by atoms with Gasteiger partial charge in [-0.25, -0.2) is 0 Å². The van der Waals surface area contributed by atoms with Crippen LogP contribution in [0.2, 0.25) is 0 Å². The molecule has 0 amide bonds. The molecule has 0 atom stereocenters. The first kappa shape index (κ1) is 16.1. The minimum atomic E-state index is -3.46. The molecule has 0 saturated carbocycles. The van der Waals surface area contributed by atoms with Crippen molar-refractivity contribution in [1.29, 1.82) is 0 Å². The zero-order valence-corrected chi connectivity index (χ0v) is 10.9. The quantitative estimate of drug-likeness (QED) is 0.420. The number of hydrogen-bond acceptors (Lipinski definition) is 4. The number of rotatable bonds is 6. The van der Waals surface area contributed by atoms with E-state index in [0.717, 1.165) is 24.2 Å². The van der Waals surface area contributed by atoms with E-state index >= 15 is 0 Å². The van der Waals surface area contributed by atoms with Crippen molar-refractivity contribution in [2.24, 2.45) is 0 Å². The van der Waals surface area contributed by atoms with E-state index < -0.39 is 5.69 Å². The van der Waals surface area contributed by atoms with Crippen LogP contribution in [0.25, 0.3) is 0 Å². The molecule has 1 radical (unpaired) electrons. The maximum absolute atomic E-state index is 10.5. The molecule has 2 nitrogen and oxygen atoms in total. The van der Waals surface area contributed by atoms with Crippen molar-refractivity contribution in [1.82, 2.24) is 0 Å². The molecule has 0 saturated heterocycles. The van der Waals surface area contributed by atoms with Crippen LogP contribution in [-0.4, -0.2) is 5.75 Å². The first-order valence-electron chi connectivity index (χ1n) is 3.73. The van der Waals surface area contributed by atoms with Crippen molar-refractivity contribution in [3.05, 3.63) is 0 Å². The molecule has 79 valence electrons. The Kier molecular flexibility index (Phi) is 12.4. The Morgan fingerprint density at radius 2 is 1.83 bits per heavy atom. The fourth-order valence-corrected chi connectivity index (χ4v) is 2.99. The van der Waals surface area contributed by atoms with Crippen LogP contribution in [0.1, 0.15) is 32.6 Å². The Balaban J connectivity index is 0. The van der Waals surface area contributed by atoms with Gasteiger partial charge in [-0.3, -0.25) is 0 Å². The van der Waals surface area contributed by atoms with E-state index in [9.17, 15) is 9.79 Å². The third kappa shape index (κ3) is 14.2. The maximum atomic E-state index is 10.5. The van der Waals surface area contributed by atoms with Gasteiger partial charge in [-0.05, 0) is 12.2 Å². The number of unbranched alkanes of at least 4 members (excludes halogenated alkanes) is 3. The summed E-state index contributed by atoms with van der Waals surface area (Å²) in [4.78, 5) is 20.9. The molecule has 6 heteroatoms. The van der Waals surface area contributed by atoms with Crippen LogP contribution >= 0.6 is 17.1 Å². The Morgan fingerprint density at radius 3 is 2.25 bits per heavy atom.